The number of rotatable bonds is 5. The normalized spacial score (nSPS) is 19.3. The van der Waals surface area contributed by atoms with E-state index in [0.29, 0.717) is 6.61 Å². The highest BCUT2D eigenvalue weighted by Gasteiger charge is 2.21. The van der Waals surface area contributed by atoms with Crippen LogP contribution in [0.15, 0.2) is 29.3 Å². The van der Waals surface area contributed by atoms with Crippen LogP contribution < -0.4 is 5.32 Å². The zero-order valence-electron chi connectivity index (χ0n) is 13.8. The van der Waals surface area contributed by atoms with Gasteiger partial charge in [-0.05, 0) is 17.5 Å². The molecular weight excluding hydrogens is 294 g/mol. The molecule has 0 bridgehead atoms. The molecule has 0 aliphatic carbocycles. The van der Waals surface area contributed by atoms with Gasteiger partial charge in [0.05, 0.1) is 6.61 Å². The molecule has 1 fully saturated rings. The van der Waals surface area contributed by atoms with Crippen molar-refractivity contribution in [2.45, 2.75) is 31.7 Å². The molecule has 1 saturated heterocycles. The van der Waals surface area contributed by atoms with Crippen molar-refractivity contribution >= 4 is 17.7 Å². The Morgan fingerprint density at radius 1 is 1.45 bits per heavy atom. The van der Waals surface area contributed by atoms with Gasteiger partial charge in [0.2, 0.25) is 0 Å². The van der Waals surface area contributed by atoms with Gasteiger partial charge in [0.1, 0.15) is 0 Å². The van der Waals surface area contributed by atoms with Crippen molar-refractivity contribution in [3.63, 3.8) is 0 Å². The summed E-state index contributed by atoms with van der Waals surface area (Å²) in [4.78, 5) is 6.83. The molecule has 0 amide bonds. The van der Waals surface area contributed by atoms with Gasteiger partial charge in [-0.1, -0.05) is 31.2 Å². The highest BCUT2D eigenvalue weighted by molar-refractivity contribution is 8.00. The van der Waals surface area contributed by atoms with Gasteiger partial charge < -0.3 is 15.0 Å². The quantitative estimate of drug-likeness (QED) is 0.668. The molecule has 0 aromatic heterocycles. The van der Waals surface area contributed by atoms with Crippen LogP contribution in [0, 0.1) is 0 Å². The van der Waals surface area contributed by atoms with Crippen molar-refractivity contribution in [1.29, 1.82) is 0 Å². The number of aliphatic imine (C=N–C) groups is 1. The van der Waals surface area contributed by atoms with Crippen LogP contribution in [0.5, 0.6) is 0 Å². The van der Waals surface area contributed by atoms with Crippen molar-refractivity contribution in [3.05, 3.63) is 35.4 Å². The average molecular weight is 321 g/mol. The van der Waals surface area contributed by atoms with E-state index in [1.54, 1.807) is 7.11 Å². The number of ether oxygens (including phenoxy) is 1. The Kier molecular flexibility index (Phi) is 7.06. The maximum Gasteiger partial charge on any atom is 0.193 e. The summed E-state index contributed by atoms with van der Waals surface area (Å²) in [5.41, 5.74) is 2.46. The Bertz CT molecular complexity index is 493. The van der Waals surface area contributed by atoms with E-state index < -0.39 is 0 Å². The molecule has 22 heavy (non-hydrogen) atoms. The third-order valence-corrected chi connectivity index (χ3v) is 5.23. The topological polar surface area (TPSA) is 36.9 Å². The minimum Gasteiger partial charge on any atom is -0.380 e. The van der Waals surface area contributed by atoms with Crippen molar-refractivity contribution in [2.75, 3.05) is 33.0 Å². The fourth-order valence-corrected chi connectivity index (χ4v) is 3.85. The summed E-state index contributed by atoms with van der Waals surface area (Å²) in [6, 6.07) is 8.50. The Balaban J connectivity index is 1.92. The smallest absolute Gasteiger partial charge is 0.193 e. The third kappa shape index (κ3) is 4.92. The average Bonchev–Trinajstić information content (AvgIpc) is 2.56. The number of hydrogen-bond donors (Lipinski definition) is 1. The summed E-state index contributed by atoms with van der Waals surface area (Å²) >= 11 is 2.08. The molecule has 5 heteroatoms. The van der Waals surface area contributed by atoms with Gasteiger partial charge in [-0.25, -0.2) is 0 Å². The molecular formula is C17H27N3OS. The molecule has 0 saturated carbocycles. The number of nitrogens with zero attached hydrogens (tertiary/aromatic N) is 2. The van der Waals surface area contributed by atoms with Gasteiger partial charge in [0, 0.05) is 44.8 Å². The molecule has 4 nitrogen and oxygen atoms in total. The SMILES string of the molecule is CCC1CN(C(=NC)NCc2cccc(COC)c2)CCS1. The fourth-order valence-electron chi connectivity index (χ4n) is 2.67. The van der Waals surface area contributed by atoms with Crippen molar-refractivity contribution in [3.8, 4) is 0 Å². The summed E-state index contributed by atoms with van der Waals surface area (Å²) in [7, 11) is 3.59. The second-order valence-electron chi connectivity index (χ2n) is 5.50. The summed E-state index contributed by atoms with van der Waals surface area (Å²) in [6.45, 7) is 5.88. The Labute approximate surface area is 138 Å². The number of methoxy groups -OCH3 is 1. The summed E-state index contributed by atoms with van der Waals surface area (Å²) in [6.07, 6.45) is 1.22. The van der Waals surface area contributed by atoms with Crippen LogP contribution in [-0.2, 0) is 17.9 Å². The predicted molar refractivity (Wildman–Crippen MR) is 95.5 cm³/mol. The van der Waals surface area contributed by atoms with E-state index in [1.807, 2.05) is 7.05 Å². The second kappa shape index (κ2) is 9.06. The van der Waals surface area contributed by atoms with E-state index in [-0.39, 0.29) is 0 Å². The Morgan fingerprint density at radius 2 is 2.27 bits per heavy atom. The maximum atomic E-state index is 5.19. The monoisotopic (exact) mass is 321 g/mol. The van der Waals surface area contributed by atoms with E-state index in [9.17, 15) is 0 Å². The lowest BCUT2D eigenvalue weighted by Gasteiger charge is -2.34. The summed E-state index contributed by atoms with van der Waals surface area (Å²) in [5.74, 6) is 2.19. The zero-order valence-corrected chi connectivity index (χ0v) is 14.7. The second-order valence-corrected chi connectivity index (χ2v) is 6.91. The first-order valence-electron chi connectivity index (χ1n) is 7.90. The van der Waals surface area contributed by atoms with Gasteiger partial charge in [0.25, 0.3) is 0 Å². The van der Waals surface area contributed by atoms with E-state index in [2.05, 4.69) is 58.2 Å². The minimum absolute atomic E-state index is 0.657. The number of thioether (sulfide) groups is 1. The number of hydrogen-bond acceptors (Lipinski definition) is 3. The first-order chi connectivity index (χ1) is 10.8. The van der Waals surface area contributed by atoms with Crippen molar-refractivity contribution in [1.82, 2.24) is 10.2 Å². The number of benzene rings is 1. The molecule has 122 valence electrons. The maximum absolute atomic E-state index is 5.19. The predicted octanol–water partition coefficient (Wildman–Crippen LogP) is 2.74. The molecule has 1 aromatic rings. The van der Waals surface area contributed by atoms with Gasteiger partial charge in [-0.15, -0.1) is 0 Å². The third-order valence-electron chi connectivity index (χ3n) is 3.86. The van der Waals surface area contributed by atoms with Gasteiger partial charge in [0.15, 0.2) is 5.96 Å². The van der Waals surface area contributed by atoms with E-state index in [1.165, 1.54) is 23.3 Å². The van der Waals surface area contributed by atoms with Crippen LogP contribution in [0.4, 0.5) is 0 Å². The van der Waals surface area contributed by atoms with Crippen LogP contribution >= 0.6 is 11.8 Å². The standard InChI is InChI=1S/C17H27N3OS/c1-4-16-12-20(8-9-22-16)17(18-2)19-11-14-6-5-7-15(10-14)13-21-3/h5-7,10,16H,4,8-9,11-13H2,1-3H3,(H,18,19). The molecule has 1 aliphatic heterocycles. The molecule has 1 N–H and O–H groups in total. The lowest BCUT2D eigenvalue weighted by atomic mass is 10.1. The fraction of sp³-hybridized carbons (Fsp3) is 0.588. The van der Waals surface area contributed by atoms with Crippen LogP contribution in [0.2, 0.25) is 0 Å². The highest BCUT2D eigenvalue weighted by atomic mass is 32.2. The lowest BCUT2D eigenvalue weighted by Crippen LogP contribution is -2.47. The highest BCUT2D eigenvalue weighted by Crippen LogP contribution is 2.21. The van der Waals surface area contributed by atoms with Crippen LogP contribution in [0.1, 0.15) is 24.5 Å². The Morgan fingerprint density at radius 3 is 3.00 bits per heavy atom. The van der Waals surface area contributed by atoms with Crippen LogP contribution in [0.3, 0.4) is 0 Å². The molecule has 1 unspecified atom stereocenters. The van der Waals surface area contributed by atoms with Crippen LogP contribution in [0.25, 0.3) is 0 Å². The van der Waals surface area contributed by atoms with E-state index in [4.69, 9.17) is 4.74 Å². The molecule has 0 spiro atoms. The van der Waals surface area contributed by atoms with Gasteiger partial charge in [-0.2, -0.15) is 11.8 Å². The molecule has 1 atom stereocenters. The van der Waals surface area contributed by atoms with Gasteiger partial charge in [-0.3, -0.25) is 4.99 Å². The van der Waals surface area contributed by atoms with E-state index in [0.717, 1.165) is 30.8 Å². The van der Waals surface area contributed by atoms with Crippen molar-refractivity contribution < 1.29 is 4.74 Å². The molecule has 2 rings (SSSR count). The zero-order chi connectivity index (χ0) is 15.8. The first-order valence-corrected chi connectivity index (χ1v) is 8.95. The molecule has 1 heterocycles. The largest absolute Gasteiger partial charge is 0.380 e. The number of guanidine groups is 1. The number of nitrogens with one attached hydrogen (secondary N) is 1. The van der Waals surface area contributed by atoms with Crippen molar-refractivity contribution in [2.24, 2.45) is 4.99 Å². The lowest BCUT2D eigenvalue weighted by molar-refractivity contribution is 0.185. The molecule has 1 aromatic carbocycles. The van der Waals surface area contributed by atoms with Crippen LogP contribution in [-0.4, -0.2) is 49.1 Å². The Hall–Kier alpha value is -1.20. The van der Waals surface area contributed by atoms with E-state index >= 15 is 0 Å². The van der Waals surface area contributed by atoms with Gasteiger partial charge >= 0.3 is 0 Å². The summed E-state index contributed by atoms with van der Waals surface area (Å²) < 4.78 is 5.19. The molecule has 0 radical (unpaired) electrons. The molecule has 1 aliphatic rings. The first kappa shape index (κ1) is 17.2. The minimum atomic E-state index is 0.657. The summed E-state index contributed by atoms with van der Waals surface area (Å²) in [5, 5.41) is 4.21.